The summed E-state index contributed by atoms with van der Waals surface area (Å²) < 4.78 is 6.73. The third kappa shape index (κ3) is 3.82. The van der Waals surface area contributed by atoms with Gasteiger partial charge >= 0.3 is 6.09 Å². The van der Waals surface area contributed by atoms with Gasteiger partial charge in [0.25, 0.3) is 0 Å². The fourth-order valence-corrected chi connectivity index (χ4v) is 1.61. The highest BCUT2D eigenvalue weighted by atomic mass is 35.5. The first kappa shape index (κ1) is 13.6. The number of rotatable bonds is 2. The summed E-state index contributed by atoms with van der Waals surface area (Å²) in [5.41, 5.74) is 0.798. The van der Waals surface area contributed by atoms with Crippen molar-refractivity contribution in [2.45, 2.75) is 32.9 Å². The van der Waals surface area contributed by atoms with Crippen LogP contribution >= 0.6 is 11.6 Å². The monoisotopic (exact) mass is 282 g/mol. The summed E-state index contributed by atoms with van der Waals surface area (Å²) in [5.74, 6) is 0. The van der Waals surface area contributed by atoms with Crippen LogP contribution in [-0.4, -0.2) is 26.3 Å². The maximum atomic E-state index is 11.5. The van der Waals surface area contributed by atoms with Gasteiger partial charge in [0.15, 0.2) is 5.65 Å². The van der Waals surface area contributed by atoms with Crippen LogP contribution in [0.25, 0.3) is 5.65 Å². The molecule has 0 unspecified atom stereocenters. The number of aromatic nitrogens is 3. The van der Waals surface area contributed by atoms with Crippen molar-refractivity contribution in [1.29, 1.82) is 0 Å². The Morgan fingerprint density at radius 1 is 1.53 bits per heavy atom. The maximum Gasteiger partial charge on any atom is 0.407 e. The molecule has 0 spiro atoms. The van der Waals surface area contributed by atoms with Gasteiger partial charge in [0.05, 0.1) is 29.7 Å². The second-order valence-corrected chi connectivity index (χ2v) is 5.50. The lowest BCUT2D eigenvalue weighted by Gasteiger charge is -2.19. The Labute approximate surface area is 115 Å². The van der Waals surface area contributed by atoms with Gasteiger partial charge in [-0.3, -0.25) is 0 Å². The number of imidazole rings is 1. The average Bonchev–Trinajstić information content (AvgIpc) is 2.66. The number of ether oxygens (including phenoxy) is 1. The molecule has 2 aromatic heterocycles. The average molecular weight is 283 g/mol. The van der Waals surface area contributed by atoms with Crippen molar-refractivity contribution in [3.63, 3.8) is 0 Å². The first-order chi connectivity index (χ1) is 8.83. The van der Waals surface area contributed by atoms with Crippen LogP contribution in [0.2, 0.25) is 5.02 Å². The molecular formula is C12H15ClN4O2. The topological polar surface area (TPSA) is 68.5 Å². The quantitative estimate of drug-likeness (QED) is 0.918. The van der Waals surface area contributed by atoms with Crippen LogP contribution in [0.1, 0.15) is 26.5 Å². The zero-order valence-electron chi connectivity index (χ0n) is 11.0. The van der Waals surface area contributed by atoms with Crippen molar-refractivity contribution in [3.05, 3.63) is 29.2 Å². The number of halogens is 1. The number of nitrogens with zero attached hydrogens (tertiary/aromatic N) is 3. The zero-order valence-corrected chi connectivity index (χ0v) is 11.7. The fraction of sp³-hybridized carbons (Fsp3) is 0.417. The SMILES string of the molecule is CC(C)(C)OC(=O)NCc1cn2ncc(Cl)cc2n1. The molecule has 0 aliphatic rings. The molecule has 19 heavy (non-hydrogen) atoms. The molecule has 0 bridgehead atoms. The number of alkyl carbamates (subject to hydrolysis) is 1. The molecule has 2 rings (SSSR count). The van der Waals surface area contributed by atoms with Crippen molar-refractivity contribution >= 4 is 23.3 Å². The Morgan fingerprint density at radius 3 is 2.95 bits per heavy atom. The summed E-state index contributed by atoms with van der Waals surface area (Å²) in [6.45, 7) is 5.70. The van der Waals surface area contributed by atoms with E-state index in [1.165, 1.54) is 6.20 Å². The van der Waals surface area contributed by atoms with Crippen LogP contribution in [0.3, 0.4) is 0 Å². The Morgan fingerprint density at radius 2 is 2.26 bits per heavy atom. The van der Waals surface area contributed by atoms with Gasteiger partial charge in [-0.2, -0.15) is 5.10 Å². The predicted molar refractivity (Wildman–Crippen MR) is 71.1 cm³/mol. The minimum Gasteiger partial charge on any atom is -0.444 e. The lowest BCUT2D eigenvalue weighted by atomic mass is 10.2. The molecule has 1 amide bonds. The Bertz CT molecular complexity index is 603. The highest BCUT2D eigenvalue weighted by Gasteiger charge is 2.16. The van der Waals surface area contributed by atoms with E-state index >= 15 is 0 Å². The standard InChI is InChI=1S/C12H15ClN4O2/c1-12(2,3)19-11(18)14-6-9-7-17-10(16-9)4-8(13)5-15-17/h4-5,7H,6H2,1-3H3,(H,14,18). The molecule has 0 fully saturated rings. The number of carbonyl (C=O) groups is 1. The fourth-order valence-electron chi connectivity index (χ4n) is 1.47. The molecule has 0 aliphatic carbocycles. The second kappa shape index (κ2) is 5.05. The van der Waals surface area contributed by atoms with Crippen LogP contribution in [0.5, 0.6) is 0 Å². The molecule has 102 valence electrons. The first-order valence-electron chi connectivity index (χ1n) is 5.80. The van der Waals surface area contributed by atoms with Crippen LogP contribution in [0.4, 0.5) is 4.79 Å². The van der Waals surface area contributed by atoms with Crippen LogP contribution in [0, 0.1) is 0 Å². The normalized spacial score (nSPS) is 11.6. The lowest BCUT2D eigenvalue weighted by Crippen LogP contribution is -2.32. The third-order valence-corrected chi connectivity index (χ3v) is 2.36. The molecule has 0 saturated heterocycles. The number of nitrogens with one attached hydrogen (secondary N) is 1. The molecule has 2 heterocycles. The Kier molecular flexibility index (Phi) is 3.61. The Balaban J connectivity index is 2.00. The smallest absolute Gasteiger partial charge is 0.407 e. The van der Waals surface area contributed by atoms with E-state index in [0.717, 1.165) is 0 Å². The number of hydrogen-bond donors (Lipinski definition) is 1. The molecule has 0 aliphatic heterocycles. The van der Waals surface area contributed by atoms with Gasteiger partial charge in [-0.1, -0.05) is 11.6 Å². The van der Waals surface area contributed by atoms with Gasteiger partial charge in [0, 0.05) is 6.07 Å². The van der Waals surface area contributed by atoms with Crippen molar-refractivity contribution < 1.29 is 9.53 Å². The second-order valence-electron chi connectivity index (χ2n) is 5.06. The molecule has 0 aromatic carbocycles. The van der Waals surface area contributed by atoms with E-state index in [1.54, 1.807) is 16.8 Å². The summed E-state index contributed by atoms with van der Waals surface area (Å²) in [6, 6.07) is 1.70. The molecular weight excluding hydrogens is 268 g/mol. The minimum atomic E-state index is -0.516. The van der Waals surface area contributed by atoms with Crippen molar-refractivity contribution in [2.24, 2.45) is 0 Å². The molecule has 0 saturated carbocycles. The van der Waals surface area contributed by atoms with E-state index in [0.29, 0.717) is 16.4 Å². The molecule has 1 N–H and O–H groups in total. The summed E-state index contributed by atoms with van der Waals surface area (Å²) in [5, 5.41) is 7.22. The molecule has 7 heteroatoms. The summed E-state index contributed by atoms with van der Waals surface area (Å²) in [6.07, 6.45) is 2.78. The molecule has 0 atom stereocenters. The first-order valence-corrected chi connectivity index (χ1v) is 6.18. The van der Waals surface area contributed by atoms with Gasteiger partial charge in [-0.25, -0.2) is 14.3 Å². The van der Waals surface area contributed by atoms with Gasteiger partial charge in [-0.15, -0.1) is 0 Å². The van der Waals surface area contributed by atoms with E-state index < -0.39 is 11.7 Å². The van der Waals surface area contributed by atoms with Crippen LogP contribution < -0.4 is 5.32 Å². The predicted octanol–water partition coefficient (Wildman–Crippen LogP) is 2.41. The van der Waals surface area contributed by atoms with Gasteiger partial charge in [-0.05, 0) is 20.8 Å². The highest BCUT2D eigenvalue weighted by molar-refractivity contribution is 6.30. The number of fused-ring (bicyclic) bond motifs is 1. The number of amides is 1. The summed E-state index contributed by atoms with van der Waals surface area (Å²) in [4.78, 5) is 15.8. The zero-order chi connectivity index (χ0) is 14.0. The van der Waals surface area contributed by atoms with Gasteiger partial charge < -0.3 is 10.1 Å². The van der Waals surface area contributed by atoms with Crippen molar-refractivity contribution in [1.82, 2.24) is 19.9 Å². The van der Waals surface area contributed by atoms with E-state index in [2.05, 4.69) is 15.4 Å². The summed E-state index contributed by atoms with van der Waals surface area (Å²) >= 11 is 5.82. The van der Waals surface area contributed by atoms with E-state index in [1.807, 2.05) is 20.8 Å². The molecule has 6 nitrogen and oxygen atoms in total. The Hall–Kier alpha value is -1.82. The van der Waals surface area contributed by atoms with E-state index in [-0.39, 0.29) is 6.54 Å². The number of carbonyl (C=O) groups excluding carboxylic acids is 1. The van der Waals surface area contributed by atoms with Crippen LogP contribution in [-0.2, 0) is 11.3 Å². The maximum absolute atomic E-state index is 11.5. The van der Waals surface area contributed by atoms with Crippen LogP contribution in [0.15, 0.2) is 18.5 Å². The molecule has 2 aromatic rings. The van der Waals surface area contributed by atoms with Crippen molar-refractivity contribution in [3.8, 4) is 0 Å². The van der Waals surface area contributed by atoms with Gasteiger partial charge in [0.2, 0.25) is 0 Å². The van der Waals surface area contributed by atoms with Crippen molar-refractivity contribution in [2.75, 3.05) is 0 Å². The lowest BCUT2D eigenvalue weighted by molar-refractivity contribution is 0.0523. The highest BCUT2D eigenvalue weighted by Crippen LogP contribution is 2.10. The molecule has 0 radical (unpaired) electrons. The largest absolute Gasteiger partial charge is 0.444 e. The number of hydrogen-bond acceptors (Lipinski definition) is 4. The summed E-state index contributed by atoms with van der Waals surface area (Å²) in [7, 11) is 0. The third-order valence-electron chi connectivity index (χ3n) is 2.15. The van der Waals surface area contributed by atoms with E-state index in [9.17, 15) is 4.79 Å². The van der Waals surface area contributed by atoms with E-state index in [4.69, 9.17) is 16.3 Å². The minimum absolute atomic E-state index is 0.274. The van der Waals surface area contributed by atoms with Gasteiger partial charge in [0.1, 0.15) is 5.60 Å².